The van der Waals surface area contributed by atoms with E-state index < -0.39 is 15.0 Å². The van der Waals surface area contributed by atoms with Crippen LogP contribution in [0.4, 0.5) is 0 Å². The number of carbonyl (C=O) groups excluding carboxylic acids is 1. The molecule has 32 heavy (non-hydrogen) atoms. The maximum absolute atomic E-state index is 11.6. The van der Waals surface area contributed by atoms with Gasteiger partial charge in [-0.15, -0.1) is 0 Å². The third-order valence-electron chi connectivity index (χ3n) is 4.11. The van der Waals surface area contributed by atoms with Gasteiger partial charge in [-0.25, -0.2) is 4.79 Å². The fourth-order valence-corrected chi connectivity index (χ4v) is 4.56. The number of hydrogen-bond acceptors (Lipinski definition) is 6. The molecule has 0 aliphatic heterocycles. The quantitative estimate of drug-likeness (QED) is 0.164. The number of ether oxygens (including phenoxy) is 1. The first-order chi connectivity index (χ1) is 15.6. The lowest BCUT2D eigenvalue weighted by atomic mass is 10.3. The molecule has 166 valence electrons. The predicted molar refractivity (Wildman–Crippen MR) is 123 cm³/mol. The monoisotopic (exact) mass is 450 g/mol. The van der Waals surface area contributed by atoms with E-state index in [9.17, 15) is 4.79 Å². The van der Waals surface area contributed by atoms with E-state index in [1.165, 1.54) is 0 Å². The maximum atomic E-state index is 11.6. The summed E-state index contributed by atoms with van der Waals surface area (Å²) in [6, 6.07) is 27.7. The van der Waals surface area contributed by atoms with Crippen molar-refractivity contribution >= 4 is 15.0 Å². The zero-order valence-corrected chi connectivity index (χ0v) is 18.9. The van der Waals surface area contributed by atoms with Crippen LogP contribution in [0.25, 0.3) is 0 Å². The fraction of sp³-hybridized carbons (Fsp3) is 0.160. The first-order valence-electron chi connectivity index (χ1n) is 10.3. The average Bonchev–Trinajstić information content (AvgIpc) is 2.80. The van der Waals surface area contributed by atoms with Crippen LogP contribution in [0.5, 0.6) is 17.2 Å². The summed E-state index contributed by atoms with van der Waals surface area (Å²) < 4.78 is 30.0. The van der Waals surface area contributed by atoms with Crippen LogP contribution in [-0.4, -0.2) is 28.2 Å². The van der Waals surface area contributed by atoms with Crippen molar-refractivity contribution in [2.75, 3.05) is 13.2 Å². The summed E-state index contributed by atoms with van der Waals surface area (Å²) in [4.78, 5) is 11.6. The van der Waals surface area contributed by atoms with Crippen molar-refractivity contribution in [2.45, 2.75) is 13.3 Å². The van der Waals surface area contributed by atoms with Gasteiger partial charge in [-0.3, -0.25) is 0 Å². The van der Waals surface area contributed by atoms with Crippen LogP contribution in [0.1, 0.15) is 13.3 Å². The van der Waals surface area contributed by atoms with E-state index in [0.29, 0.717) is 29.2 Å². The second kappa shape index (κ2) is 11.7. The van der Waals surface area contributed by atoms with E-state index in [-0.39, 0.29) is 13.2 Å². The van der Waals surface area contributed by atoms with Gasteiger partial charge in [0, 0.05) is 18.6 Å². The van der Waals surface area contributed by atoms with Crippen molar-refractivity contribution in [3.05, 3.63) is 103 Å². The molecule has 0 atom stereocenters. The second-order valence-corrected chi connectivity index (χ2v) is 8.76. The zero-order chi connectivity index (χ0) is 22.7. The summed E-state index contributed by atoms with van der Waals surface area (Å²) in [7, 11) is -3.78. The summed E-state index contributed by atoms with van der Waals surface area (Å²) in [6.45, 7) is 5.55. The van der Waals surface area contributed by atoms with Crippen LogP contribution in [0.15, 0.2) is 103 Å². The summed E-state index contributed by atoms with van der Waals surface area (Å²) in [5, 5.41) is 0. The number of benzene rings is 3. The second-order valence-electron chi connectivity index (χ2n) is 6.86. The first kappa shape index (κ1) is 23.1. The summed E-state index contributed by atoms with van der Waals surface area (Å²) in [5.41, 5.74) is 0.349. The number of rotatable bonds is 12. The molecule has 0 spiro atoms. The number of para-hydroxylation sites is 3. The molecule has 0 N–H and O–H groups in total. The molecule has 0 radical (unpaired) electrons. The molecule has 0 bridgehead atoms. The Morgan fingerprint density at radius 1 is 0.719 bits per heavy atom. The van der Waals surface area contributed by atoms with E-state index in [4.69, 9.17) is 22.4 Å². The molecule has 0 unspecified atom stereocenters. The van der Waals surface area contributed by atoms with Crippen LogP contribution < -0.4 is 13.3 Å². The highest BCUT2D eigenvalue weighted by Crippen LogP contribution is 2.25. The Morgan fingerprint density at radius 2 is 1.12 bits per heavy atom. The molecule has 3 rings (SSSR count). The molecular formula is C25H26O6Si. The SMILES string of the molecule is C=C(C)C(=O)OCCCO[Si](Oc1ccccc1)(Oc1ccccc1)Oc1ccccc1. The van der Waals surface area contributed by atoms with Gasteiger partial charge in [-0.05, 0) is 43.3 Å². The highest BCUT2D eigenvalue weighted by molar-refractivity contribution is 6.56. The van der Waals surface area contributed by atoms with Gasteiger partial charge in [-0.1, -0.05) is 61.2 Å². The Hall–Kier alpha value is -3.55. The van der Waals surface area contributed by atoms with Crippen LogP contribution in [-0.2, 0) is 14.0 Å². The molecule has 0 saturated heterocycles. The Morgan fingerprint density at radius 3 is 1.50 bits per heavy atom. The van der Waals surface area contributed by atoms with Gasteiger partial charge in [-0.2, -0.15) is 0 Å². The lowest BCUT2D eigenvalue weighted by molar-refractivity contribution is -0.139. The minimum Gasteiger partial charge on any atom is -0.462 e. The van der Waals surface area contributed by atoms with Crippen LogP contribution in [0, 0.1) is 0 Å². The van der Waals surface area contributed by atoms with Gasteiger partial charge in [0.1, 0.15) is 17.2 Å². The first-order valence-corrected chi connectivity index (χ1v) is 11.9. The molecule has 0 aromatic heterocycles. The summed E-state index contributed by atoms with van der Waals surface area (Å²) >= 11 is 0. The Bertz CT molecular complexity index is 878. The minimum absolute atomic E-state index is 0.179. The summed E-state index contributed by atoms with van der Waals surface area (Å²) in [5.74, 6) is 1.23. The topological polar surface area (TPSA) is 63.2 Å². The van der Waals surface area contributed by atoms with E-state index in [0.717, 1.165) is 0 Å². The minimum atomic E-state index is -3.78. The predicted octanol–water partition coefficient (Wildman–Crippen LogP) is 5.19. The third-order valence-corrected chi connectivity index (χ3v) is 6.12. The van der Waals surface area contributed by atoms with Crippen molar-refractivity contribution in [3.63, 3.8) is 0 Å². The molecule has 0 aliphatic carbocycles. The Labute approximate surface area is 189 Å². The van der Waals surface area contributed by atoms with Crippen molar-refractivity contribution in [3.8, 4) is 17.2 Å². The molecule has 0 amide bonds. The Balaban J connectivity index is 1.81. The molecule has 6 nitrogen and oxygen atoms in total. The van der Waals surface area contributed by atoms with Crippen molar-refractivity contribution in [1.82, 2.24) is 0 Å². The smallest absolute Gasteiger partial charge is 0.462 e. The van der Waals surface area contributed by atoms with Crippen molar-refractivity contribution < 1.29 is 27.2 Å². The van der Waals surface area contributed by atoms with Gasteiger partial charge < -0.3 is 22.4 Å². The van der Waals surface area contributed by atoms with E-state index in [2.05, 4.69) is 6.58 Å². The van der Waals surface area contributed by atoms with E-state index in [1.807, 2.05) is 91.0 Å². The fourth-order valence-electron chi connectivity index (χ4n) is 2.59. The normalized spacial score (nSPS) is 10.8. The van der Waals surface area contributed by atoms with Gasteiger partial charge in [0.15, 0.2) is 0 Å². The molecule has 3 aromatic carbocycles. The van der Waals surface area contributed by atoms with Crippen molar-refractivity contribution in [2.24, 2.45) is 0 Å². The molecule has 0 aliphatic rings. The van der Waals surface area contributed by atoms with Gasteiger partial charge in [0.2, 0.25) is 0 Å². The van der Waals surface area contributed by atoms with Gasteiger partial charge in [0.25, 0.3) is 0 Å². The van der Waals surface area contributed by atoms with E-state index >= 15 is 0 Å². The molecular weight excluding hydrogens is 424 g/mol. The highest BCUT2D eigenvalue weighted by atomic mass is 28.4. The molecule has 0 saturated carbocycles. The van der Waals surface area contributed by atoms with Crippen LogP contribution >= 0.6 is 0 Å². The van der Waals surface area contributed by atoms with Crippen molar-refractivity contribution in [1.29, 1.82) is 0 Å². The van der Waals surface area contributed by atoms with Gasteiger partial charge in [0.05, 0.1) is 6.61 Å². The standard InChI is InChI=1S/C25H26O6Si/c1-21(2)25(26)27-19-12-20-28-32(29-22-13-6-3-7-14-22,30-23-15-8-4-9-16-23)31-24-17-10-5-11-18-24/h3-11,13-18H,1,12,19-20H2,2H3. The third kappa shape index (κ3) is 7.30. The number of hydrogen-bond donors (Lipinski definition) is 0. The Kier molecular flexibility index (Phi) is 8.48. The van der Waals surface area contributed by atoms with Crippen LogP contribution in [0.3, 0.4) is 0 Å². The molecule has 7 heteroatoms. The average molecular weight is 451 g/mol. The highest BCUT2D eigenvalue weighted by Gasteiger charge is 2.55. The van der Waals surface area contributed by atoms with Gasteiger partial charge >= 0.3 is 15.0 Å². The lowest BCUT2D eigenvalue weighted by Crippen LogP contribution is -2.58. The number of esters is 1. The van der Waals surface area contributed by atoms with E-state index in [1.54, 1.807) is 6.92 Å². The number of carbonyl (C=O) groups is 1. The maximum Gasteiger partial charge on any atom is 0.893 e. The van der Waals surface area contributed by atoms with Crippen LogP contribution in [0.2, 0.25) is 0 Å². The summed E-state index contributed by atoms with van der Waals surface area (Å²) in [6.07, 6.45) is 0.433. The molecule has 3 aromatic rings. The lowest BCUT2D eigenvalue weighted by Gasteiger charge is -2.28. The molecule has 0 fully saturated rings. The molecule has 0 heterocycles. The largest absolute Gasteiger partial charge is 0.893 e. The zero-order valence-electron chi connectivity index (χ0n) is 17.9.